The highest BCUT2D eigenvalue weighted by Crippen LogP contribution is 2.29. The quantitative estimate of drug-likeness (QED) is 0.862. The zero-order valence-corrected chi connectivity index (χ0v) is 14.7. The van der Waals surface area contributed by atoms with Crippen molar-refractivity contribution in [3.63, 3.8) is 0 Å². The number of rotatable bonds is 4. The van der Waals surface area contributed by atoms with Crippen LogP contribution in [0, 0.1) is 6.92 Å². The number of carbonyl (C=O) groups is 1. The van der Waals surface area contributed by atoms with Gasteiger partial charge in [0.2, 0.25) is 0 Å². The van der Waals surface area contributed by atoms with E-state index in [0.29, 0.717) is 0 Å². The molecule has 2 aromatic rings. The Bertz CT molecular complexity index is 867. The highest BCUT2D eigenvalue weighted by atomic mass is 35.5. The number of amides is 1. The highest BCUT2D eigenvalue weighted by Gasteiger charge is 2.20. The Balaban J connectivity index is 2.43. The number of anilines is 1. The summed E-state index contributed by atoms with van der Waals surface area (Å²) in [5.41, 5.74) is 1.22. The lowest BCUT2D eigenvalue weighted by atomic mass is 10.2. The molecule has 122 valence electrons. The van der Waals surface area contributed by atoms with Crippen molar-refractivity contribution in [1.29, 1.82) is 0 Å². The average molecular weight is 373 g/mol. The minimum absolute atomic E-state index is 0.0637. The fourth-order valence-electron chi connectivity index (χ4n) is 1.91. The van der Waals surface area contributed by atoms with E-state index in [0.717, 1.165) is 5.56 Å². The second-order valence-electron chi connectivity index (χ2n) is 4.81. The Morgan fingerprint density at radius 1 is 1.04 bits per heavy atom. The van der Waals surface area contributed by atoms with Gasteiger partial charge in [-0.15, -0.1) is 0 Å². The first-order valence-electron chi connectivity index (χ1n) is 6.55. The maximum atomic E-state index is 12.5. The van der Waals surface area contributed by atoms with Crippen LogP contribution in [0.15, 0.2) is 41.3 Å². The van der Waals surface area contributed by atoms with E-state index in [9.17, 15) is 13.2 Å². The van der Waals surface area contributed by atoms with Gasteiger partial charge in [-0.25, -0.2) is 8.42 Å². The van der Waals surface area contributed by atoms with Crippen molar-refractivity contribution >= 4 is 44.8 Å². The highest BCUT2D eigenvalue weighted by molar-refractivity contribution is 7.92. The summed E-state index contributed by atoms with van der Waals surface area (Å²) in [6.45, 7) is 1.80. The van der Waals surface area contributed by atoms with E-state index in [2.05, 4.69) is 10.0 Å². The summed E-state index contributed by atoms with van der Waals surface area (Å²) in [6.07, 6.45) is 0. The lowest BCUT2D eigenvalue weighted by Gasteiger charge is -2.12. The van der Waals surface area contributed by atoms with Crippen LogP contribution in [0.4, 0.5) is 5.69 Å². The van der Waals surface area contributed by atoms with Crippen LogP contribution < -0.4 is 10.0 Å². The van der Waals surface area contributed by atoms with Gasteiger partial charge in [0.25, 0.3) is 15.9 Å². The summed E-state index contributed by atoms with van der Waals surface area (Å²) in [5.74, 6) is -0.351. The van der Waals surface area contributed by atoms with Crippen LogP contribution in [0.25, 0.3) is 0 Å². The minimum atomic E-state index is -3.93. The third-order valence-corrected chi connectivity index (χ3v) is 5.25. The first-order valence-corrected chi connectivity index (χ1v) is 8.79. The normalized spacial score (nSPS) is 11.1. The summed E-state index contributed by atoms with van der Waals surface area (Å²) in [6, 6.07) is 8.91. The average Bonchev–Trinajstić information content (AvgIpc) is 2.48. The molecule has 2 N–H and O–H groups in total. The van der Waals surface area contributed by atoms with Gasteiger partial charge in [0.05, 0.1) is 15.7 Å². The third-order valence-electron chi connectivity index (χ3n) is 3.08. The molecule has 0 aromatic heterocycles. The number of hydrogen-bond acceptors (Lipinski definition) is 3. The van der Waals surface area contributed by atoms with E-state index in [-0.39, 0.29) is 32.1 Å². The molecule has 23 heavy (non-hydrogen) atoms. The number of carbonyl (C=O) groups excluding carboxylic acids is 1. The molecule has 0 saturated heterocycles. The van der Waals surface area contributed by atoms with Crippen molar-refractivity contribution in [3.8, 4) is 0 Å². The molecular weight excluding hydrogens is 359 g/mol. The van der Waals surface area contributed by atoms with E-state index < -0.39 is 10.0 Å². The Labute approximate surface area is 144 Å². The molecule has 0 atom stereocenters. The van der Waals surface area contributed by atoms with Crippen molar-refractivity contribution in [3.05, 3.63) is 57.6 Å². The molecule has 5 nitrogen and oxygen atoms in total. The molecule has 0 aliphatic carbocycles. The molecule has 0 spiro atoms. The molecule has 0 heterocycles. The van der Waals surface area contributed by atoms with Crippen molar-refractivity contribution in [2.75, 3.05) is 11.8 Å². The second-order valence-corrected chi connectivity index (χ2v) is 7.28. The van der Waals surface area contributed by atoms with Gasteiger partial charge in [-0.05, 0) is 42.8 Å². The predicted molar refractivity (Wildman–Crippen MR) is 91.8 cm³/mol. The largest absolute Gasteiger partial charge is 0.355 e. The van der Waals surface area contributed by atoms with Gasteiger partial charge in [0, 0.05) is 12.6 Å². The van der Waals surface area contributed by atoms with E-state index in [1.54, 1.807) is 19.1 Å². The summed E-state index contributed by atoms with van der Waals surface area (Å²) in [5, 5.41) is 2.74. The molecule has 0 aliphatic rings. The first-order chi connectivity index (χ1) is 10.7. The van der Waals surface area contributed by atoms with Gasteiger partial charge >= 0.3 is 0 Å². The Hall–Kier alpha value is -1.76. The minimum Gasteiger partial charge on any atom is -0.355 e. The maximum Gasteiger partial charge on any atom is 0.263 e. The van der Waals surface area contributed by atoms with Crippen LogP contribution in [0.2, 0.25) is 10.0 Å². The number of benzene rings is 2. The van der Waals surface area contributed by atoms with E-state index in [1.165, 1.54) is 31.3 Å². The number of aryl methyl sites for hydroxylation is 1. The number of nitrogens with one attached hydrogen (secondary N) is 2. The number of halogens is 2. The zero-order valence-electron chi connectivity index (χ0n) is 12.4. The summed E-state index contributed by atoms with van der Waals surface area (Å²) >= 11 is 12.0. The van der Waals surface area contributed by atoms with Gasteiger partial charge in [-0.2, -0.15) is 0 Å². The molecular formula is C15H14Cl2N2O3S. The van der Waals surface area contributed by atoms with Crippen LogP contribution in [0.1, 0.15) is 15.9 Å². The predicted octanol–water partition coefficient (Wildman–Crippen LogP) is 3.46. The van der Waals surface area contributed by atoms with Crippen molar-refractivity contribution in [2.45, 2.75) is 11.8 Å². The molecule has 0 radical (unpaired) electrons. The lowest BCUT2D eigenvalue weighted by Crippen LogP contribution is -2.19. The van der Waals surface area contributed by atoms with Crippen LogP contribution in [-0.4, -0.2) is 21.4 Å². The molecule has 0 saturated carbocycles. The fourth-order valence-corrected chi connectivity index (χ4v) is 3.80. The van der Waals surface area contributed by atoms with Gasteiger partial charge in [-0.1, -0.05) is 29.3 Å². The van der Waals surface area contributed by atoms with Gasteiger partial charge in [0.1, 0.15) is 4.90 Å². The van der Waals surface area contributed by atoms with Gasteiger partial charge < -0.3 is 5.32 Å². The molecule has 0 aliphatic heterocycles. The molecule has 0 fully saturated rings. The van der Waals surface area contributed by atoms with E-state index in [4.69, 9.17) is 23.2 Å². The number of hydrogen-bond donors (Lipinski definition) is 2. The SMILES string of the molecule is CNC(=O)c1ccc(Cl)c(NS(=O)(=O)c2ccc(C)cc2Cl)c1. The molecule has 2 rings (SSSR count). The third kappa shape index (κ3) is 3.96. The monoisotopic (exact) mass is 372 g/mol. The molecule has 0 bridgehead atoms. The second kappa shape index (κ2) is 6.78. The van der Waals surface area contributed by atoms with Crippen molar-refractivity contribution in [2.24, 2.45) is 0 Å². The van der Waals surface area contributed by atoms with E-state index >= 15 is 0 Å². The van der Waals surface area contributed by atoms with Crippen molar-refractivity contribution < 1.29 is 13.2 Å². The summed E-state index contributed by atoms with van der Waals surface area (Å²) in [4.78, 5) is 11.6. The van der Waals surface area contributed by atoms with Crippen molar-refractivity contribution in [1.82, 2.24) is 5.32 Å². The van der Waals surface area contributed by atoms with E-state index in [1.807, 2.05) is 0 Å². The van der Waals surface area contributed by atoms with Crippen LogP contribution in [0.5, 0.6) is 0 Å². The van der Waals surface area contributed by atoms with Crippen LogP contribution in [-0.2, 0) is 10.0 Å². The molecule has 0 unspecified atom stereocenters. The Morgan fingerprint density at radius 3 is 2.35 bits per heavy atom. The summed E-state index contributed by atoms with van der Waals surface area (Å²) < 4.78 is 27.3. The van der Waals surface area contributed by atoms with Crippen LogP contribution >= 0.6 is 23.2 Å². The lowest BCUT2D eigenvalue weighted by molar-refractivity contribution is 0.0963. The summed E-state index contributed by atoms with van der Waals surface area (Å²) in [7, 11) is -2.45. The Morgan fingerprint density at radius 2 is 1.74 bits per heavy atom. The zero-order chi connectivity index (χ0) is 17.2. The topological polar surface area (TPSA) is 75.3 Å². The number of sulfonamides is 1. The molecule has 8 heteroatoms. The molecule has 1 amide bonds. The smallest absolute Gasteiger partial charge is 0.263 e. The van der Waals surface area contributed by atoms with Crippen LogP contribution in [0.3, 0.4) is 0 Å². The Kier molecular flexibility index (Phi) is 5.19. The fraction of sp³-hybridized carbons (Fsp3) is 0.133. The maximum absolute atomic E-state index is 12.5. The standard InChI is InChI=1S/C15H14Cl2N2O3S/c1-9-3-6-14(12(17)7-9)23(21,22)19-13-8-10(15(20)18-2)4-5-11(13)16/h3-8,19H,1-2H3,(H,18,20). The van der Waals surface area contributed by atoms with Gasteiger partial charge in [0.15, 0.2) is 0 Å². The first kappa shape index (κ1) is 17.6. The van der Waals surface area contributed by atoms with Gasteiger partial charge in [-0.3, -0.25) is 9.52 Å². The molecule has 2 aromatic carbocycles.